The number of aromatic nitrogens is 1. The van der Waals surface area contributed by atoms with Crippen molar-refractivity contribution in [2.75, 3.05) is 0 Å². The molecule has 0 N–H and O–H groups in total. The fraction of sp³-hybridized carbons (Fsp3) is 0.0278. The summed E-state index contributed by atoms with van der Waals surface area (Å²) in [7, 11) is 0. The van der Waals surface area contributed by atoms with Gasteiger partial charge in [-0.2, -0.15) is 0 Å². The number of benzene rings is 5. The largest absolute Gasteiger partial charge is 0.207 e. The van der Waals surface area contributed by atoms with Crippen LogP contribution < -0.4 is 26.4 Å². The van der Waals surface area contributed by atoms with Crippen molar-refractivity contribution < 1.29 is 101 Å². The van der Waals surface area contributed by atoms with Gasteiger partial charge in [-0.05, 0) is 12.1 Å². The van der Waals surface area contributed by atoms with Crippen LogP contribution in [0.1, 0.15) is 5.56 Å². The van der Waals surface area contributed by atoms with E-state index in [0.717, 1.165) is 6.07 Å². The van der Waals surface area contributed by atoms with E-state index in [1.165, 1.54) is 12.1 Å². The quantitative estimate of drug-likeness (QED) is 0.0524. The molecule has 316 valence electrons. The smallest absolute Gasteiger partial charge is 0.200 e. The zero-order chi connectivity index (χ0) is 45.0. The van der Waals surface area contributed by atoms with E-state index in [0.29, 0.717) is 12.1 Å². The van der Waals surface area contributed by atoms with E-state index in [9.17, 15) is 61.5 Å². The van der Waals surface area contributed by atoms with Crippen LogP contribution in [0.2, 0.25) is 0 Å². The van der Waals surface area contributed by atoms with Crippen LogP contribution >= 0.6 is 0 Å². The molecule has 0 unspecified atom stereocenters. The van der Waals surface area contributed by atoms with Gasteiger partial charge in [0.1, 0.15) is 64.3 Å². The first-order valence-electron chi connectivity index (χ1n) is 15.6. The minimum absolute atomic E-state index is 0.410. The van der Waals surface area contributed by atoms with E-state index in [2.05, 4.69) is 0 Å². The highest BCUT2D eigenvalue weighted by Gasteiger charge is 2.52. The second kappa shape index (κ2) is 16.4. The fourth-order valence-electron chi connectivity index (χ4n) is 6.26. The van der Waals surface area contributed by atoms with Gasteiger partial charge in [0.25, 0.3) is 0 Å². The lowest BCUT2D eigenvalue weighted by Crippen LogP contribution is -2.81. The minimum Gasteiger partial charge on any atom is -0.207 e. The average molecular weight is 885 g/mol. The molecular weight excluding hydrogens is 875 g/mol. The average Bonchev–Trinajstić information content (AvgIpc) is 3.22. The SMILES string of the molecule is Fc1c(F)c(F)c([B-](c2c(F)c(F)c(F)c(F)c2F)(c2c(F)c(F)c(F)c(F)c2F)c2c(F)c(F)c(F)c(F)c2F)c(F)c1F.Fc1ccc(C[n+]2ccccc2)c(F)c1. The molecule has 1 aromatic heterocycles. The maximum Gasteiger partial charge on any atom is 0.200 e. The summed E-state index contributed by atoms with van der Waals surface area (Å²) in [5, 5.41) is 0. The molecule has 60 heavy (non-hydrogen) atoms. The summed E-state index contributed by atoms with van der Waals surface area (Å²) < 4.78 is 322. The molecule has 0 amide bonds. The molecule has 0 spiro atoms. The third-order valence-electron chi connectivity index (χ3n) is 8.85. The first-order chi connectivity index (χ1) is 28.0. The molecule has 0 bridgehead atoms. The van der Waals surface area contributed by atoms with Crippen molar-refractivity contribution in [1.82, 2.24) is 0 Å². The van der Waals surface area contributed by atoms with Crippen LogP contribution in [-0.4, -0.2) is 6.15 Å². The summed E-state index contributed by atoms with van der Waals surface area (Å²) in [6.07, 6.45) is -3.54. The number of hydrogen-bond donors (Lipinski definition) is 0. The van der Waals surface area contributed by atoms with E-state index < -0.39 is 156 Å². The number of rotatable bonds is 6. The van der Waals surface area contributed by atoms with Gasteiger partial charge in [0.2, 0.25) is 0 Å². The van der Waals surface area contributed by atoms with Crippen LogP contribution in [-0.2, 0) is 6.54 Å². The third kappa shape index (κ3) is 6.93. The summed E-state index contributed by atoms with van der Waals surface area (Å²) in [5.41, 5.74) is -13.9. The first-order valence-corrected chi connectivity index (χ1v) is 15.6. The van der Waals surface area contributed by atoms with Crippen molar-refractivity contribution in [1.29, 1.82) is 0 Å². The van der Waals surface area contributed by atoms with E-state index in [1.54, 1.807) is 0 Å². The Hall–Kier alpha value is -6.23. The zero-order valence-electron chi connectivity index (χ0n) is 28.2. The molecule has 1 nitrogen and oxygen atoms in total. The van der Waals surface area contributed by atoms with Crippen LogP contribution in [0.15, 0.2) is 48.8 Å². The molecule has 1 heterocycles. The molecule has 0 aliphatic rings. The lowest BCUT2D eigenvalue weighted by Gasteiger charge is -2.44. The number of hydrogen-bond acceptors (Lipinski definition) is 0. The molecule has 6 rings (SSSR count). The Morgan fingerprint density at radius 1 is 0.317 bits per heavy atom. The maximum absolute atomic E-state index is 15.4. The predicted octanol–water partition coefficient (Wildman–Crippen LogP) is 8.15. The van der Waals surface area contributed by atoms with E-state index >= 15 is 35.1 Å². The molecule has 6 aromatic rings. The normalized spacial score (nSPS) is 11.6. The molecule has 0 radical (unpaired) electrons. The van der Waals surface area contributed by atoms with Crippen molar-refractivity contribution >= 4 is 28.0 Å². The zero-order valence-corrected chi connectivity index (χ0v) is 28.2. The summed E-state index contributed by atoms with van der Waals surface area (Å²) in [4.78, 5) is 0. The topological polar surface area (TPSA) is 3.88 Å². The van der Waals surface area contributed by atoms with Crippen molar-refractivity contribution in [3.05, 3.63) is 182 Å². The van der Waals surface area contributed by atoms with E-state index in [4.69, 9.17) is 0 Å². The Morgan fingerprint density at radius 2 is 0.567 bits per heavy atom. The first kappa shape index (κ1) is 44.9. The molecule has 0 saturated heterocycles. The van der Waals surface area contributed by atoms with Crippen molar-refractivity contribution in [3.8, 4) is 0 Å². The second-order valence-electron chi connectivity index (χ2n) is 12.1. The lowest BCUT2D eigenvalue weighted by molar-refractivity contribution is -0.688. The van der Waals surface area contributed by atoms with Gasteiger partial charge in [0.15, 0.2) is 88.7 Å². The van der Waals surface area contributed by atoms with Gasteiger partial charge in [-0.25, -0.2) is 101 Å². The highest BCUT2D eigenvalue weighted by atomic mass is 19.2. The molecule has 0 aliphatic heterocycles. The number of halogens is 22. The van der Waals surface area contributed by atoms with Crippen LogP contribution in [0.5, 0.6) is 0 Å². The Bertz CT molecular complexity index is 2320. The summed E-state index contributed by atoms with van der Waals surface area (Å²) in [5.74, 6) is -72.5. The summed E-state index contributed by atoms with van der Waals surface area (Å²) in [6.45, 7) is 0.410. The van der Waals surface area contributed by atoms with Crippen molar-refractivity contribution in [2.45, 2.75) is 6.54 Å². The molecular formula is C36H10BF22N. The van der Waals surface area contributed by atoms with Gasteiger partial charge < -0.3 is 0 Å². The van der Waals surface area contributed by atoms with Gasteiger partial charge in [-0.3, -0.25) is 0 Å². The van der Waals surface area contributed by atoms with Gasteiger partial charge in [-0.1, -0.05) is 6.07 Å². The standard InChI is InChI=1S/C24BF20.C12H10F2N/c26-5-1(6(27)14(35)21(42)13(5)34)25(2-7(28)15(36)22(43)16(37)8(2)29,3-9(30)17(38)23(44)18(39)10(3)31)4-11(32)19(40)24(45)20(41)12(4)33;13-11-5-4-10(12(14)8-11)9-15-6-2-1-3-7-15/h;1-8H,9H2/q-1;+1. The van der Waals surface area contributed by atoms with Gasteiger partial charge in [0, 0.05) is 18.2 Å². The Morgan fingerprint density at radius 3 is 0.817 bits per heavy atom. The third-order valence-corrected chi connectivity index (χ3v) is 8.85. The Balaban J connectivity index is 0.000000379. The number of nitrogens with zero attached hydrogens (tertiary/aromatic N) is 1. The van der Waals surface area contributed by atoms with Crippen molar-refractivity contribution in [3.63, 3.8) is 0 Å². The van der Waals surface area contributed by atoms with Gasteiger partial charge in [0.05, 0.1) is 5.56 Å². The molecule has 0 aliphatic carbocycles. The molecule has 24 heteroatoms. The number of pyridine rings is 1. The van der Waals surface area contributed by atoms with E-state index in [-0.39, 0.29) is 0 Å². The van der Waals surface area contributed by atoms with Crippen LogP contribution in [0.4, 0.5) is 96.6 Å². The summed E-state index contributed by atoms with van der Waals surface area (Å²) in [6, 6.07) is 9.24. The Labute approximate surface area is 318 Å². The summed E-state index contributed by atoms with van der Waals surface area (Å²) >= 11 is 0. The fourth-order valence-corrected chi connectivity index (χ4v) is 6.26. The minimum atomic E-state index is -7.22. The highest BCUT2D eigenvalue weighted by molar-refractivity contribution is 7.20. The lowest BCUT2D eigenvalue weighted by atomic mass is 9.12. The van der Waals surface area contributed by atoms with Crippen LogP contribution in [0.25, 0.3) is 0 Å². The highest BCUT2D eigenvalue weighted by Crippen LogP contribution is 2.30. The van der Waals surface area contributed by atoms with Crippen molar-refractivity contribution in [2.24, 2.45) is 0 Å². The maximum atomic E-state index is 15.4. The molecule has 5 aromatic carbocycles. The molecule has 0 fully saturated rings. The molecule has 0 atom stereocenters. The molecule has 0 saturated carbocycles. The van der Waals surface area contributed by atoms with Gasteiger partial charge in [-0.15, -0.1) is 21.9 Å². The second-order valence-corrected chi connectivity index (χ2v) is 12.1. The van der Waals surface area contributed by atoms with Crippen LogP contribution in [0, 0.1) is 128 Å². The van der Waals surface area contributed by atoms with E-state index in [1.807, 2.05) is 35.2 Å². The van der Waals surface area contributed by atoms with Gasteiger partial charge >= 0.3 is 0 Å². The predicted molar refractivity (Wildman–Crippen MR) is 161 cm³/mol. The monoisotopic (exact) mass is 885 g/mol. The Kier molecular flexibility index (Phi) is 12.3. The van der Waals surface area contributed by atoms with Crippen LogP contribution in [0.3, 0.4) is 0 Å².